The van der Waals surface area contributed by atoms with Gasteiger partial charge in [0.15, 0.2) is 0 Å². The molecule has 3 rings (SSSR count). The van der Waals surface area contributed by atoms with E-state index in [-0.39, 0.29) is 17.3 Å². The molecule has 0 spiro atoms. The summed E-state index contributed by atoms with van der Waals surface area (Å²) < 4.78 is 0. The molecule has 0 bridgehead atoms. The molecule has 0 aliphatic carbocycles. The van der Waals surface area contributed by atoms with Gasteiger partial charge in [0, 0.05) is 24.7 Å². The lowest BCUT2D eigenvalue weighted by molar-refractivity contribution is -0.384. The van der Waals surface area contributed by atoms with E-state index in [2.05, 4.69) is 10.2 Å². The second kappa shape index (κ2) is 5.33. The van der Waals surface area contributed by atoms with Crippen molar-refractivity contribution in [2.45, 2.75) is 31.3 Å². The molecule has 2 aliphatic rings. The standard InChI is InChI=1S/C14H17N3O4/c18-14(19)9-3-4-10(13(8-9)17(20)21)15-11-5-7-16-6-1-2-12(11)16/h3-4,8,11-12,15H,1-2,5-7H2,(H,18,19). The number of anilines is 1. The molecule has 0 amide bonds. The van der Waals surface area contributed by atoms with Crippen LogP contribution in [0.15, 0.2) is 18.2 Å². The molecule has 7 nitrogen and oxygen atoms in total. The van der Waals surface area contributed by atoms with Gasteiger partial charge in [0.1, 0.15) is 5.69 Å². The summed E-state index contributed by atoms with van der Waals surface area (Å²) in [6.45, 7) is 2.12. The Morgan fingerprint density at radius 3 is 2.90 bits per heavy atom. The lowest BCUT2D eigenvalue weighted by atomic mass is 10.1. The Kier molecular flexibility index (Phi) is 3.50. The van der Waals surface area contributed by atoms with Gasteiger partial charge < -0.3 is 10.4 Å². The highest BCUT2D eigenvalue weighted by molar-refractivity contribution is 5.89. The number of carboxylic acids is 1. The molecule has 21 heavy (non-hydrogen) atoms. The SMILES string of the molecule is O=C(O)c1ccc(NC2CCN3CCCC23)c([N+](=O)[O-])c1. The summed E-state index contributed by atoms with van der Waals surface area (Å²) in [7, 11) is 0. The highest BCUT2D eigenvalue weighted by Gasteiger charge is 2.37. The molecule has 2 saturated heterocycles. The number of nitrogens with one attached hydrogen (secondary N) is 1. The number of nitro benzene ring substituents is 1. The predicted molar refractivity (Wildman–Crippen MR) is 76.7 cm³/mol. The third-order valence-corrected chi connectivity index (χ3v) is 4.39. The Morgan fingerprint density at radius 1 is 1.38 bits per heavy atom. The van der Waals surface area contributed by atoms with Crippen LogP contribution in [0, 0.1) is 10.1 Å². The van der Waals surface area contributed by atoms with Gasteiger partial charge >= 0.3 is 5.97 Å². The molecule has 112 valence electrons. The van der Waals surface area contributed by atoms with Crippen LogP contribution in [0.2, 0.25) is 0 Å². The number of carboxylic acid groups (broad SMARTS) is 1. The summed E-state index contributed by atoms with van der Waals surface area (Å²) >= 11 is 0. The van der Waals surface area contributed by atoms with Crippen LogP contribution in [0.4, 0.5) is 11.4 Å². The van der Waals surface area contributed by atoms with E-state index in [0.717, 1.165) is 32.0 Å². The highest BCUT2D eigenvalue weighted by Crippen LogP contribution is 2.33. The van der Waals surface area contributed by atoms with Gasteiger partial charge in [-0.2, -0.15) is 0 Å². The van der Waals surface area contributed by atoms with E-state index >= 15 is 0 Å². The van der Waals surface area contributed by atoms with Gasteiger partial charge in [-0.15, -0.1) is 0 Å². The normalized spacial score (nSPS) is 24.8. The lowest BCUT2D eigenvalue weighted by Crippen LogP contribution is -2.33. The van der Waals surface area contributed by atoms with Gasteiger partial charge in [-0.1, -0.05) is 0 Å². The van der Waals surface area contributed by atoms with E-state index in [1.807, 2.05) is 0 Å². The van der Waals surface area contributed by atoms with Crippen molar-refractivity contribution in [2.24, 2.45) is 0 Å². The Labute approximate surface area is 121 Å². The van der Waals surface area contributed by atoms with E-state index in [1.54, 1.807) is 0 Å². The number of carbonyl (C=O) groups is 1. The van der Waals surface area contributed by atoms with Crippen LogP contribution < -0.4 is 5.32 Å². The van der Waals surface area contributed by atoms with Crippen LogP contribution >= 0.6 is 0 Å². The fourth-order valence-corrected chi connectivity index (χ4v) is 3.39. The third kappa shape index (κ3) is 2.56. The molecule has 2 atom stereocenters. The van der Waals surface area contributed by atoms with Crippen LogP contribution in [0.3, 0.4) is 0 Å². The van der Waals surface area contributed by atoms with Gasteiger partial charge in [0.25, 0.3) is 5.69 Å². The van der Waals surface area contributed by atoms with Crippen molar-refractivity contribution < 1.29 is 14.8 Å². The Bertz CT molecular complexity index is 590. The average Bonchev–Trinajstić information content (AvgIpc) is 3.03. The molecule has 0 aromatic heterocycles. The van der Waals surface area contributed by atoms with E-state index in [4.69, 9.17) is 5.11 Å². The molecule has 7 heteroatoms. The minimum absolute atomic E-state index is 0.0684. The first-order valence-electron chi connectivity index (χ1n) is 7.08. The van der Waals surface area contributed by atoms with Crippen molar-refractivity contribution in [3.05, 3.63) is 33.9 Å². The fraction of sp³-hybridized carbons (Fsp3) is 0.500. The van der Waals surface area contributed by atoms with Crippen LogP contribution in [-0.2, 0) is 0 Å². The van der Waals surface area contributed by atoms with Gasteiger partial charge in [-0.05, 0) is 37.9 Å². The minimum atomic E-state index is -1.16. The zero-order chi connectivity index (χ0) is 15.0. The van der Waals surface area contributed by atoms with Gasteiger partial charge in [-0.25, -0.2) is 4.79 Å². The zero-order valence-corrected chi connectivity index (χ0v) is 11.5. The fourth-order valence-electron chi connectivity index (χ4n) is 3.39. The number of fused-ring (bicyclic) bond motifs is 1. The number of nitrogens with zero attached hydrogens (tertiary/aromatic N) is 2. The number of hydrogen-bond acceptors (Lipinski definition) is 5. The van der Waals surface area contributed by atoms with E-state index in [9.17, 15) is 14.9 Å². The highest BCUT2D eigenvalue weighted by atomic mass is 16.6. The van der Waals surface area contributed by atoms with Crippen molar-refractivity contribution in [3.8, 4) is 0 Å². The molecule has 1 aromatic rings. The smallest absolute Gasteiger partial charge is 0.335 e. The maximum atomic E-state index is 11.2. The summed E-state index contributed by atoms with van der Waals surface area (Å²) in [5.74, 6) is -1.16. The van der Waals surface area contributed by atoms with Crippen molar-refractivity contribution in [1.29, 1.82) is 0 Å². The molecule has 0 radical (unpaired) electrons. The van der Waals surface area contributed by atoms with Gasteiger partial charge in [-0.3, -0.25) is 15.0 Å². The summed E-state index contributed by atoms with van der Waals surface area (Å²) in [6, 6.07) is 4.65. The number of hydrogen-bond donors (Lipinski definition) is 2. The Balaban J connectivity index is 1.84. The summed E-state index contributed by atoms with van der Waals surface area (Å²) in [6.07, 6.45) is 3.24. The molecular weight excluding hydrogens is 274 g/mol. The van der Waals surface area contributed by atoms with Crippen LogP contribution in [-0.4, -0.2) is 46.1 Å². The van der Waals surface area contributed by atoms with Crippen molar-refractivity contribution in [3.63, 3.8) is 0 Å². The molecule has 2 N–H and O–H groups in total. The zero-order valence-electron chi connectivity index (χ0n) is 11.5. The van der Waals surface area contributed by atoms with E-state index < -0.39 is 10.9 Å². The number of aromatic carboxylic acids is 1. The average molecular weight is 291 g/mol. The second-order valence-corrected chi connectivity index (χ2v) is 5.58. The van der Waals surface area contributed by atoms with Gasteiger partial charge in [0.2, 0.25) is 0 Å². The summed E-state index contributed by atoms with van der Waals surface area (Å²) in [4.78, 5) is 24.0. The monoisotopic (exact) mass is 291 g/mol. The number of rotatable bonds is 4. The quantitative estimate of drug-likeness (QED) is 0.650. The van der Waals surface area contributed by atoms with Crippen LogP contribution in [0.1, 0.15) is 29.6 Å². The largest absolute Gasteiger partial charge is 0.478 e. The molecule has 2 aliphatic heterocycles. The van der Waals surface area contributed by atoms with E-state index in [1.165, 1.54) is 18.6 Å². The Morgan fingerprint density at radius 2 is 2.19 bits per heavy atom. The first-order valence-corrected chi connectivity index (χ1v) is 7.08. The maximum Gasteiger partial charge on any atom is 0.335 e. The molecule has 2 fully saturated rings. The second-order valence-electron chi connectivity index (χ2n) is 5.58. The topological polar surface area (TPSA) is 95.7 Å². The molecule has 0 saturated carbocycles. The predicted octanol–water partition coefficient (Wildman–Crippen LogP) is 1.94. The summed E-state index contributed by atoms with van der Waals surface area (Å²) in [5.41, 5.74) is 0.163. The molecule has 2 unspecified atom stereocenters. The Hall–Kier alpha value is -2.15. The maximum absolute atomic E-state index is 11.2. The minimum Gasteiger partial charge on any atom is -0.478 e. The number of benzene rings is 1. The lowest BCUT2D eigenvalue weighted by Gasteiger charge is -2.22. The molecular formula is C14H17N3O4. The van der Waals surface area contributed by atoms with Crippen molar-refractivity contribution >= 4 is 17.3 Å². The molecule has 1 aromatic carbocycles. The summed E-state index contributed by atoms with van der Waals surface area (Å²) in [5, 5.41) is 23.4. The first kappa shape index (κ1) is 13.8. The van der Waals surface area contributed by atoms with Crippen LogP contribution in [0.25, 0.3) is 0 Å². The first-order chi connectivity index (χ1) is 10.1. The number of nitro groups is 1. The van der Waals surface area contributed by atoms with Crippen molar-refractivity contribution in [1.82, 2.24) is 4.90 Å². The van der Waals surface area contributed by atoms with Gasteiger partial charge in [0.05, 0.1) is 10.5 Å². The van der Waals surface area contributed by atoms with Crippen LogP contribution in [0.5, 0.6) is 0 Å². The molecule has 2 heterocycles. The third-order valence-electron chi connectivity index (χ3n) is 4.39. The van der Waals surface area contributed by atoms with Crippen molar-refractivity contribution in [2.75, 3.05) is 18.4 Å². The van der Waals surface area contributed by atoms with E-state index in [0.29, 0.717) is 11.7 Å².